The fraction of sp³-hybridized carbons (Fsp3) is 0.190. The summed E-state index contributed by atoms with van der Waals surface area (Å²) in [6, 6.07) is 14.8. The second kappa shape index (κ2) is 9.36. The molecular formula is C21H22N4O3. The summed E-state index contributed by atoms with van der Waals surface area (Å²) in [6.07, 6.45) is 3.38. The molecule has 0 aliphatic carbocycles. The lowest BCUT2D eigenvalue weighted by Gasteiger charge is -2.10. The summed E-state index contributed by atoms with van der Waals surface area (Å²) in [4.78, 5) is 20.8. The van der Waals surface area contributed by atoms with Crippen LogP contribution >= 0.6 is 0 Å². The van der Waals surface area contributed by atoms with Gasteiger partial charge in [0.1, 0.15) is 5.69 Å². The van der Waals surface area contributed by atoms with Gasteiger partial charge in [-0.1, -0.05) is 12.1 Å². The van der Waals surface area contributed by atoms with Crippen LogP contribution in [0.5, 0.6) is 11.5 Å². The van der Waals surface area contributed by atoms with E-state index in [4.69, 9.17) is 9.47 Å². The number of methoxy groups -OCH3 is 2. The summed E-state index contributed by atoms with van der Waals surface area (Å²) in [7, 11) is 3.16. The molecule has 3 aromatic rings. The molecule has 7 nitrogen and oxygen atoms in total. The van der Waals surface area contributed by atoms with E-state index in [-0.39, 0.29) is 5.91 Å². The van der Waals surface area contributed by atoms with Gasteiger partial charge in [0.25, 0.3) is 5.91 Å². The van der Waals surface area contributed by atoms with Gasteiger partial charge < -0.3 is 20.1 Å². The second-order valence-electron chi connectivity index (χ2n) is 5.98. The van der Waals surface area contributed by atoms with Crippen LogP contribution < -0.4 is 20.1 Å². The van der Waals surface area contributed by atoms with Crippen molar-refractivity contribution < 1.29 is 14.3 Å². The zero-order chi connectivity index (χ0) is 19.8. The predicted octanol–water partition coefficient (Wildman–Crippen LogP) is 3.04. The maximum Gasteiger partial charge on any atom is 0.270 e. The lowest BCUT2D eigenvalue weighted by Crippen LogP contribution is -2.23. The van der Waals surface area contributed by atoms with Gasteiger partial charge in [0.15, 0.2) is 11.5 Å². The van der Waals surface area contributed by atoms with Crippen molar-refractivity contribution in [1.82, 2.24) is 15.3 Å². The van der Waals surface area contributed by atoms with Gasteiger partial charge in [-0.2, -0.15) is 0 Å². The topological polar surface area (TPSA) is 85.4 Å². The second-order valence-corrected chi connectivity index (χ2v) is 5.98. The standard InChI is InChI=1S/C21H22N4O3/c1-27-19-9-6-15(11-20(19)28-2)12-25-21(26)18-8-7-17(14-24-18)23-13-16-5-3-4-10-22-16/h3-11,14,23H,12-13H2,1-2H3,(H,25,26). The van der Waals surface area contributed by atoms with Crippen LogP contribution in [0.4, 0.5) is 5.69 Å². The average Bonchev–Trinajstić information content (AvgIpc) is 2.76. The summed E-state index contributed by atoms with van der Waals surface area (Å²) in [5.41, 5.74) is 3.00. The van der Waals surface area contributed by atoms with E-state index in [1.807, 2.05) is 36.4 Å². The highest BCUT2D eigenvalue weighted by atomic mass is 16.5. The molecule has 2 heterocycles. The van der Waals surface area contributed by atoms with E-state index in [1.165, 1.54) is 0 Å². The van der Waals surface area contributed by atoms with E-state index in [1.54, 1.807) is 38.7 Å². The molecule has 0 atom stereocenters. The zero-order valence-electron chi connectivity index (χ0n) is 15.8. The molecule has 0 aliphatic heterocycles. The molecule has 7 heteroatoms. The minimum Gasteiger partial charge on any atom is -0.493 e. The molecule has 1 amide bonds. The first-order valence-electron chi connectivity index (χ1n) is 8.78. The largest absolute Gasteiger partial charge is 0.493 e. The first-order valence-corrected chi connectivity index (χ1v) is 8.78. The Bertz CT molecular complexity index is 915. The van der Waals surface area contributed by atoms with Gasteiger partial charge in [-0.3, -0.25) is 9.78 Å². The molecule has 0 saturated heterocycles. The number of ether oxygens (including phenoxy) is 2. The van der Waals surface area contributed by atoms with Gasteiger partial charge in [0.2, 0.25) is 0 Å². The summed E-state index contributed by atoms with van der Waals surface area (Å²) < 4.78 is 10.5. The van der Waals surface area contributed by atoms with Crippen molar-refractivity contribution in [3.8, 4) is 11.5 Å². The smallest absolute Gasteiger partial charge is 0.270 e. The van der Waals surface area contributed by atoms with Crippen LogP contribution in [-0.4, -0.2) is 30.1 Å². The highest BCUT2D eigenvalue weighted by molar-refractivity contribution is 5.92. The third kappa shape index (κ3) is 4.97. The molecular weight excluding hydrogens is 356 g/mol. The lowest BCUT2D eigenvalue weighted by molar-refractivity contribution is 0.0946. The minimum atomic E-state index is -0.244. The Morgan fingerprint density at radius 3 is 2.50 bits per heavy atom. The highest BCUT2D eigenvalue weighted by Gasteiger charge is 2.09. The van der Waals surface area contributed by atoms with Gasteiger partial charge in [-0.25, -0.2) is 4.98 Å². The maximum absolute atomic E-state index is 12.3. The normalized spacial score (nSPS) is 10.2. The molecule has 0 unspecified atom stereocenters. The Kier molecular flexibility index (Phi) is 6.41. The lowest BCUT2D eigenvalue weighted by atomic mass is 10.2. The molecule has 0 spiro atoms. The molecule has 0 aliphatic rings. The van der Waals surface area contributed by atoms with Crippen molar-refractivity contribution in [1.29, 1.82) is 0 Å². The number of rotatable bonds is 8. The van der Waals surface area contributed by atoms with Crippen molar-refractivity contribution >= 4 is 11.6 Å². The number of amides is 1. The van der Waals surface area contributed by atoms with Gasteiger partial charge in [-0.15, -0.1) is 0 Å². The molecule has 1 aromatic carbocycles. The first-order chi connectivity index (χ1) is 13.7. The number of carbonyl (C=O) groups excluding carboxylic acids is 1. The fourth-order valence-electron chi connectivity index (χ4n) is 2.59. The molecule has 0 bridgehead atoms. The maximum atomic E-state index is 12.3. The van der Waals surface area contributed by atoms with Gasteiger partial charge in [-0.05, 0) is 42.0 Å². The Morgan fingerprint density at radius 1 is 0.964 bits per heavy atom. The Morgan fingerprint density at radius 2 is 1.82 bits per heavy atom. The first kappa shape index (κ1) is 19.2. The third-order valence-electron chi connectivity index (χ3n) is 4.10. The van der Waals surface area contributed by atoms with Crippen LogP contribution in [0.1, 0.15) is 21.7 Å². The summed E-state index contributed by atoms with van der Waals surface area (Å²) >= 11 is 0. The molecule has 2 N–H and O–H groups in total. The molecule has 3 rings (SSSR count). The Balaban J connectivity index is 1.54. The van der Waals surface area contributed by atoms with Crippen molar-refractivity contribution in [3.05, 3.63) is 77.9 Å². The van der Waals surface area contributed by atoms with Crippen LogP contribution in [0.25, 0.3) is 0 Å². The quantitative estimate of drug-likeness (QED) is 0.627. The molecule has 0 fully saturated rings. The van der Waals surface area contributed by atoms with Gasteiger partial charge in [0, 0.05) is 12.7 Å². The zero-order valence-corrected chi connectivity index (χ0v) is 15.8. The summed E-state index contributed by atoms with van der Waals surface area (Å²) in [5, 5.41) is 6.08. The number of hydrogen-bond donors (Lipinski definition) is 2. The van der Waals surface area contributed by atoms with Crippen LogP contribution in [-0.2, 0) is 13.1 Å². The van der Waals surface area contributed by atoms with Gasteiger partial charge in [0.05, 0.1) is 38.3 Å². The molecule has 144 valence electrons. The van der Waals surface area contributed by atoms with Crippen LogP contribution in [0.2, 0.25) is 0 Å². The Hall–Kier alpha value is -3.61. The monoisotopic (exact) mass is 378 g/mol. The van der Waals surface area contributed by atoms with Crippen LogP contribution in [0.15, 0.2) is 60.9 Å². The number of nitrogens with one attached hydrogen (secondary N) is 2. The minimum absolute atomic E-state index is 0.244. The van der Waals surface area contributed by atoms with Crippen molar-refractivity contribution in [3.63, 3.8) is 0 Å². The van der Waals surface area contributed by atoms with E-state index in [0.717, 1.165) is 16.9 Å². The predicted molar refractivity (Wildman–Crippen MR) is 107 cm³/mol. The van der Waals surface area contributed by atoms with E-state index in [9.17, 15) is 4.79 Å². The van der Waals surface area contributed by atoms with Crippen molar-refractivity contribution in [2.24, 2.45) is 0 Å². The molecule has 0 radical (unpaired) electrons. The number of hydrogen-bond acceptors (Lipinski definition) is 6. The molecule has 0 saturated carbocycles. The number of anilines is 1. The number of nitrogens with zero attached hydrogens (tertiary/aromatic N) is 2. The number of carbonyl (C=O) groups is 1. The van der Waals surface area contributed by atoms with Crippen molar-refractivity contribution in [2.45, 2.75) is 13.1 Å². The SMILES string of the molecule is COc1ccc(CNC(=O)c2ccc(NCc3ccccn3)cn2)cc1OC. The van der Waals surface area contributed by atoms with E-state index < -0.39 is 0 Å². The Labute approximate surface area is 163 Å². The number of pyridine rings is 2. The molecule has 28 heavy (non-hydrogen) atoms. The third-order valence-corrected chi connectivity index (χ3v) is 4.10. The molecule has 2 aromatic heterocycles. The van der Waals surface area contributed by atoms with Gasteiger partial charge >= 0.3 is 0 Å². The summed E-state index contributed by atoms with van der Waals surface area (Å²) in [5.74, 6) is 1.02. The highest BCUT2D eigenvalue weighted by Crippen LogP contribution is 2.27. The number of benzene rings is 1. The average molecular weight is 378 g/mol. The van der Waals surface area contributed by atoms with E-state index in [2.05, 4.69) is 20.6 Å². The van der Waals surface area contributed by atoms with Crippen LogP contribution in [0, 0.1) is 0 Å². The number of aromatic nitrogens is 2. The van der Waals surface area contributed by atoms with Crippen molar-refractivity contribution in [2.75, 3.05) is 19.5 Å². The van der Waals surface area contributed by atoms with Crippen LogP contribution in [0.3, 0.4) is 0 Å². The van der Waals surface area contributed by atoms with E-state index in [0.29, 0.717) is 30.3 Å². The summed E-state index contributed by atoms with van der Waals surface area (Å²) in [6.45, 7) is 0.952. The van der Waals surface area contributed by atoms with E-state index >= 15 is 0 Å². The fourth-order valence-corrected chi connectivity index (χ4v) is 2.59.